The van der Waals surface area contributed by atoms with Crippen LogP contribution in [0.2, 0.25) is 0 Å². The monoisotopic (exact) mass is 322 g/mol. The summed E-state index contributed by atoms with van der Waals surface area (Å²) in [5.74, 6) is 0. The van der Waals surface area contributed by atoms with Crippen molar-refractivity contribution in [2.45, 2.75) is 49.0 Å². The van der Waals surface area contributed by atoms with E-state index in [0.717, 1.165) is 6.67 Å². The van der Waals surface area contributed by atoms with Gasteiger partial charge in [-0.3, -0.25) is 0 Å². The quantitative estimate of drug-likeness (QED) is 0.676. The number of aryl methyl sites for hydroxylation is 6. The SMILES string of the molecule is C.Cc1cc(C)c(N2C=CN(c3c(C)cc(C)cc3C)C2)c(C)c1. The predicted octanol–water partition coefficient (Wildman–Crippen LogP) is 5.93. The van der Waals surface area contributed by atoms with E-state index in [0.29, 0.717) is 0 Å². The van der Waals surface area contributed by atoms with Crippen molar-refractivity contribution in [1.82, 2.24) is 0 Å². The molecule has 0 atom stereocenters. The topological polar surface area (TPSA) is 6.48 Å². The lowest BCUT2D eigenvalue weighted by Crippen LogP contribution is -2.26. The Balaban J connectivity index is 0.00000208. The molecule has 2 aromatic carbocycles. The summed E-state index contributed by atoms with van der Waals surface area (Å²) in [5.41, 5.74) is 10.7. The molecule has 0 N–H and O–H groups in total. The third-order valence-corrected chi connectivity index (χ3v) is 4.58. The molecule has 2 heteroatoms. The van der Waals surface area contributed by atoms with Crippen LogP contribution in [0.3, 0.4) is 0 Å². The van der Waals surface area contributed by atoms with Crippen molar-refractivity contribution >= 4 is 11.4 Å². The van der Waals surface area contributed by atoms with Crippen LogP contribution >= 0.6 is 0 Å². The van der Waals surface area contributed by atoms with Gasteiger partial charge in [-0.25, -0.2) is 0 Å². The number of nitrogens with zero attached hydrogens (tertiary/aromatic N) is 2. The summed E-state index contributed by atoms with van der Waals surface area (Å²) in [6.45, 7) is 14.0. The zero-order valence-corrected chi connectivity index (χ0v) is 15.1. The minimum absolute atomic E-state index is 0. The van der Waals surface area contributed by atoms with Gasteiger partial charge >= 0.3 is 0 Å². The van der Waals surface area contributed by atoms with Gasteiger partial charge in [0.25, 0.3) is 0 Å². The number of benzene rings is 2. The first-order chi connectivity index (χ1) is 10.9. The summed E-state index contributed by atoms with van der Waals surface area (Å²) in [4.78, 5) is 4.70. The second-order valence-electron chi connectivity index (χ2n) is 6.87. The van der Waals surface area contributed by atoms with Gasteiger partial charge in [0.05, 0.1) is 6.67 Å². The lowest BCUT2D eigenvalue weighted by atomic mass is 10.0. The number of anilines is 2. The molecule has 0 unspecified atom stereocenters. The number of hydrogen-bond donors (Lipinski definition) is 0. The molecule has 0 aliphatic carbocycles. The van der Waals surface area contributed by atoms with Gasteiger partial charge in [-0.05, 0) is 63.8 Å². The smallest absolute Gasteiger partial charge is 0.0989 e. The Hall–Kier alpha value is -2.22. The van der Waals surface area contributed by atoms with Crippen LogP contribution in [0.1, 0.15) is 40.8 Å². The number of hydrogen-bond acceptors (Lipinski definition) is 2. The summed E-state index contributed by atoms with van der Waals surface area (Å²) >= 11 is 0. The normalized spacial score (nSPS) is 13.4. The molecule has 2 nitrogen and oxygen atoms in total. The minimum Gasteiger partial charge on any atom is -0.328 e. The molecule has 0 amide bonds. The average molecular weight is 322 g/mol. The second-order valence-corrected chi connectivity index (χ2v) is 6.87. The third kappa shape index (κ3) is 3.19. The van der Waals surface area contributed by atoms with Crippen molar-refractivity contribution in [3.8, 4) is 0 Å². The van der Waals surface area contributed by atoms with Crippen molar-refractivity contribution in [3.63, 3.8) is 0 Å². The molecule has 0 bridgehead atoms. The molecule has 0 spiro atoms. The van der Waals surface area contributed by atoms with Crippen molar-refractivity contribution in [1.29, 1.82) is 0 Å². The fraction of sp³-hybridized carbons (Fsp3) is 0.364. The zero-order valence-electron chi connectivity index (χ0n) is 15.1. The average Bonchev–Trinajstić information content (AvgIpc) is 2.85. The van der Waals surface area contributed by atoms with E-state index >= 15 is 0 Å². The molecule has 0 aromatic heterocycles. The molecule has 0 saturated carbocycles. The van der Waals surface area contributed by atoms with Gasteiger partial charge in [0.15, 0.2) is 0 Å². The highest BCUT2D eigenvalue weighted by Gasteiger charge is 2.21. The van der Waals surface area contributed by atoms with E-state index in [2.05, 4.69) is 88.0 Å². The minimum atomic E-state index is 0. The maximum Gasteiger partial charge on any atom is 0.0989 e. The summed E-state index contributed by atoms with van der Waals surface area (Å²) in [5, 5.41) is 0. The van der Waals surface area contributed by atoms with E-state index in [4.69, 9.17) is 0 Å². The Bertz CT molecular complexity index is 675. The Morgan fingerprint density at radius 2 is 0.875 bits per heavy atom. The fourth-order valence-electron chi connectivity index (χ4n) is 3.96. The van der Waals surface area contributed by atoms with E-state index < -0.39 is 0 Å². The maximum atomic E-state index is 2.35. The molecule has 24 heavy (non-hydrogen) atoms. The second kappa shape index (κ2) is 6.72. The molecule has 1 aliphatic rings. The van der Waals surface area contributed by atoms with Crippen LogP contribution in [0.4, 0.5) is 11.4 Å². The van der Waals surface area contributed by atoms with Gasteiger partial charge in [0, 0.05) is 23.8 Å². The van der Waals surface area contributed by atoms with Crippen LogP contribution in [0.15, 0.2) is 36.7 Å². The van der Waals surface area contributed by atoms with Crippen molar-refractivity contribution < 1.29 is 0 Å². The molecule has 0 fully saturated rings. The summed E-state index contributed by atoms with van der Waals surface area (Å²) < 4.78 is 0. The molecule has 0 saturated heterocycles. The first kappa shape index (κ1) is 18.1. The van der Waals surface area contributed by atoms with E-state index in [9.17, 15) is 0 Å². The van der Waals surface area contributed by atoms with Crippen molar-refractivity contribution in [2.24, 2.45) is 0 Å². The molecule has 2 aromatic rings. The van der Waals surface area contributed by atoms with E-state index in [1.54, 1.807) is 0 Å². The van der Waals surface area contributed by atoms with Gasteiger partial charge in [0.1, 0.15) is 0 Å². The fourth-order valence-corrected chi connectivity index (χ4v) is 3.96. The lowest BCUT2D eigenvalue weighted by molar-refractivity contribution is 0.954. The standard InChI is InChI=1S/C21H26N2.CH4/c1-14-9-16(3)20(17(4)10-14)22-7-8-23(13-22)21-18(5)11-15(2)12-19(21)6;/h7-12H,13H2,1-6H3;1H4. The first-order valence-electron chi connectivity index (χ1n) is 8.24. The molecule has 128 valence electrons. The summed E-state index contributed by atoms with van der Waals surface area (Å²) in [6.07, 6.45) is 4.40. The van der Waals surface area contributed by atoms with Gasteiger partial charge < -0.3 is 9.80 Å². The van der Waals surface area contributed by atoms with Gasteiger partial charge in [0.2, 0.25) is 0 Å². The molecular weight excluding hydrogens is 292 g/mol. The molecule has 1 aliphatic heterocycles. The predicted molar refractivity (Wildman–Crippen MR) is 107 cm³/mol. The molecular formula is C22H30N2. The summed E-state index contributed by atoms with van der Waals surface area (Å²) in [6, 6.07) is 9.06. The van der Waals surface area contributed by atoms with Crippen LogP contribution in [0.5, 0.6) is 0 Å². The highest BCUT2D eigenvalue weighted by Crippen LogP contribution is 2.33. The van der Waals surface area contributed by atoms with Crippen molar-refractivity contribution in [2.75, 3.05) is 16.5 Å². The van der Waals surface area contributed by atoms with Crippen molar-refractivity contribution in [3.05, 3.63) is 70.0 Å². The van der Waals surface area contributed by atoms with Crippen LogP contribution in [-0.4, -0.2) is 6.67 Å². The first-order valence-corrected chi connectivity index (χ1v) is 8.24. The van der Waals surface area contributed by atoms with Crippen LogP contribution < -0.4 is 9.80 Å². The van der Waals surface area contributed by atoms with Crippen LogP contribution in [0, 0.1) is 41.5 Å². The maximum absolute atomic E-state index is 2.35. The molecule has 3 rings (SSSR count). The lowest BCUT2D eigenvalue weighted by Gasteiger charge is -2.27. The Morgan fingerprint density at radius 3 is 1.17 bits per heavy atom. The highest BCUT2D eigenvalue weighted by molar-refractivity contribution is 5.69. The Kier molecular flexibility index (Phi) is 5.08. The molecule has 1 heterocycles. The van der Waals surface area contributed by atoms with E-state index in [1.807, 2.05) is 0 Å². The Morgan fingerprint density at radius 1 is 0.583 bits per heavy atom. The van der Waals surface area contributed by atoms with Crippen LogP contribution in [-0.2, 0) is 0 Å². The van der Waals surface area contributed by atoms with Gasteiger partial charge in [-0.2, -0.15) is 0 Å². The Labute approximate surface area is 147 Å². The van der Waals surface area contributed by atoms with E-state index in [-0.39, 0.29) is 7.43 Å². The summed E-state index contributed by atoms with van der Waals surface area (Å²) in [7, 11) is 0. The van der Waals surface area contributed by atoms with E-state index in [1.165, 1.54) is 44.8 Å². The molecule has 0 radical (unpaired) electrons. The number of rotatable bonds is 2. The highest BCUT2D eigenvalue weighted by atomic mass is 15.3. The zero-order chi connectivity index (χ0) is 16.7. The van der Waals surface area contributed by atoms with Crippen LogP contribution in [0.25, 0.3) is 0 Å². The van der Waals surface area contributed by atoms with Gasteiger partial charge in [-0.15, -0.1) is 0 Å². The largest absolute Gasteiger partial charge is 0.328 e. The van der Waals surface area contributed by atoms with Gasteiger partial charge in [-0.1, -0.05) is 42.8 Å². The third-order valence-electron chi connectivity index (χ3n) is 4.58.